The second-order valence-corrected chi connectivity index (χ2v) is 17.6. The lowest BCUT2D eigenvalue weighted by Crippen LogP contribution is -2.24. The summed E-state index contributed by atoms with van der Waals surface area (Å²) in [5, 5.41) is 30.3. The highest BCUT2D eigenvalue weighted by molar-refractivity contribution is 7.86. The maximum atomic E-state index is 13.3. The fourth-order valence-electron chi connectivity index (χ4n) is 6.34. The number of fused-ring (bicyclic) bond motifs is 2. The van der Waals surface area contributed by atoms with Gasteiger partial charge in [0.15, 0.2) is 5.75 Å². The molecule has 4 N–H and O–H groups in total. The molecule has 2 atom stereocenters. The van der Waals surface area contributed by atoms with E-state index in [-0.39, 0.29) is 27.8 Å². The minimum atomic E-state index is -4.91. The minimum absolute atomic E-state index is 0.00164. The first-order valence-electron chi connectivity index (χ1n) is 18.2. The van der Waals surface area contributed by atoms with E-state index >= 15 is 0 Å². The van der Waals surface area contributed by atoms with Gasteiger partial charge in [-0.05, 0) is 128 Å². The molecule has 0 heterocycles. The molecule has 0 amide bonds. The van der Waals surface area contributed by atoms with Crippen LogP contribution in [-0.4, -0.2) is 33.5 Å². The predicted molar refractivity (Wildman–Crippen MR) is 235 cm³/mol. The van der Waals surface area contributed by atoms with Gasteiger partial charge in [0.2, 0.25) is 11.1 Å². The number of azo groups is 2. The summed E-state index contributed by atoms with van der Waals surface area (Å²) >= 11 is -3.71. The topological polar surface area (TPSA) is 206 Å². The van der Waals surface area contributed by atoms with Gasteiger partial charge in [0, 0.05) is 12.4 Å². The number of nitrogen functional groups attached to an aromatic ring is 1. The maximum absolute atomic E-state index is 13.3. The number of phenolic OH excluding ortho intramolecular Hbond substituents is 1. The molecule has 0 aliphatic heterocycles. The maximum Gasteiger partial charge on any atom is 0.318 e. The van der Waals surface area contributed by atoms with Gasteiger partial charge in [0.1, 0.15) is 27.8 Å². The molecule has 306 valence electrons. The second kappa shape index (κ2) is 17.0. The van der Waals surface area contributed by atoms with Crippen LogP contribution in [0.25, 0.3) is 21.5 Å². The normalized spacial score (nSPS) is 13.0. The molecule has 0 aliphatic rings. The SMILES string of the molecule is Cc1ccc(OS(=O)c2ccc(N=Nc3c(S(=O)(=O)O)cc4cc(C)c(N=Nc5ccc(OS(=O)N(C)c6cc(C)cc7cc(C)ccc67)cc5)c(N)c4c3O)cc2)cc1. The van der Waals surface area contributed by atoms with Crippen molar-refractivity contribution in [2.45, 2.75) is 37.5 Å². The number of benzene rings is 7. The van der Waals surface area contributed by atoms with Crippen LogP contribution in [0.5, 0.6) is 17.2 Å². The Kier molecular flexibility index (Phi) is 11.8. The number of nitrogens with two attached hydrogens (primary N) is 1. The molecule has 0 spiro atoms. The standard InChI is InChI=1S/C43H38N6O8S3/c1-25-6-13-33(14-7-25)56-58(51)35-17-11-32(12-18-35)46-48-42-38(60(53,54)55)24-30-23-28(4)41(40(44)39(30)43(42)50)47-45-31-9-15-34(16-10-31)57-59(52)49(5)37-22-27(3)21-29-20-26(2)8-19-36(29)37/h6-24,50H,44H2,1-5H3,(H,53,54,55). The monoisotopic (exact) mass is 862 g/mol. The first-order chi connectivity index (χ1) is 28.5. The zero-order valence-electron chi connectivity index (χ0n) is 32.9. The summed E-state index contributed by atoms with van der Waals surface area (Å²) in [5.41, 5.74) is 11.1. The Morgan fingerprint density at radius 2 is 1.22 bits per heavy atom. The van der Waals surface area contributed by atoms with Crippen molar-refractivity contribution in [3.8, 4) is 17.2 Å². The Bertz CT molecular complexity index is 3010. The van der Waals surface area contributed by atoms with Crippen molar-refractivity contribution < 1.29 is 34.9 Å². The average Bonchev–Trinajstić information content (AvgIpc) is 3.20. The number of phenols is 1. The highest BCUT2D eigenvalue weighted by atomic mass is 32.2. The summed E-state index contributed by atoms with van der Waals surface area (Å²) in [6.45, 7) is 7.60. The van der Waals surface area contributed by atoms with E-state index in [1.807, 2.05) is 51.1 Å². The van der Waals surface area contributed by atoms with Crippen LogP contribution in [0, 0.1) is 27.7 Å². The van der Waals surface area contributed by atoms with Crippen molar-refractivity contribution >= 4 is 88.1 Å². The van der Waals surface area contributed by atoms with E-state index in [4.69, 9.17) is 14.1 Å². The zero-order chi connectivity index (χ0) is 42.9. The van der Waals surface area contributed by atoms with Crippen LogP contribution in [0.15, 0.2) is 146 Å². The van der Waals surface area contributed by atoms with E-state index in [1.54, 1.807) is 54.7 Å². The van der Waals surface area contributed by atoms with Crippen LogP contribution >= 0.6 is 0 Å². The number of rotatable bonds is 12. The first kappa shape index (κ1) is 41.6. The van der Waals surface area contributed by atoms with Crippen LogP contribution in [0.2, 0.25) is 0 Å². The van der Waals surface area contributed by atoms with E-state index in [9.17, 15) is 26.5 Å². The predicted octanol–water partition coefficient (Wildman–Crippen LogP) is 10.8. The van der Waals surface area contributed by atoms with Crippen LogP contribution < -0.4 is 18.4 Å². The van der Waals surface area contributed by atoms with Gasteiger partial charge < -0.3 is 19.2 Å². The summed E-state index contributed by atoms with van der Waals surface area (Å²) in [4.78, 5) is -0.372. The Hall–Kier alpha value is -6.53. The molecule has 7 aromatic rings. The van der Waals surface area contributed by atoms with Crippen molar-refractivity contribution in [2.75, 3.05) is 17.1 Å². The van der Waals surface area contributed by atoms with Gasteiger partial charge in [0.05, 0.1) is 33.0 Å². The highest BCUT2D eigenvalue weighted by Gasteiger charge is 2.25. The lowest BCUT2D eigenvalue weighted by atomic mass is 10.0. The summed E-state index contributed by atoms with van der Waals surface area (Å²) in [6, 6.07) is 32.2. The molecule has 0 aliphatic carbocycles. The zero-order valence-corrected chi connectivity index (χ0v) is 35.3. The third kappa shape index (κ3) is 9.03. The molecular weight excluding hydrogens is 825 g/mol. The molecule has 2 unspecified atom stereocenters. The van der Waals surface area contributed by atoms with Gasteiger partial charge in [-0.2, -0.15) is 22.9 Å². The lowest BCUT2D eigenvalue weighted by molar-refractivity contribution is 0.472. The smallest absolute Gasteiger partial charge is 0.318 e. The Morgan fingerprint density at radius 1 is 0.650 bits per heavy atom. The Morgan fingerprint density at radius 3 is 1.87 bits per heavy atom. The van der Waals surface area contributed by atoms with Crippen LogP contribution in [0.3, 0.4) is 0 Å². The van der Waals surface area contributed by atoms with Gasteiger partial charge in [-0.3, -0.25) is 8.86 Å². The van der Waals surface area contributed by atoms with Crippen LogP contribution in [0.4, 0.5) is 34.1 Å². The first-order valence-corrected chi connectivity index (χ1v) is 21.7. The van der Waals surface area contributed by atoms with Crippen molar-refractivity contribution in [3.05, 3.63) is 138 Å². The fraction of sp³-hybridized carbons (Fsp3) is 0.116. The van der Waals surface area contributed by atoms with Crippen molar-refractivity contribution in [3.63, 3.8) is 0 Å². The van der Waals surface area contributed by atoms with Gasteiger partial charge in [-0.1, -0.05) is 47.5 Å². The molecule has 7 rings (SSSR count). The van der Waals surface area contributed by atoms with E-state index in [2.05, 4.69) is 32.6 Å². The molecule has 0 fully saturated rings. The van der Waals surface area contributed by atoms with Gasteiger partial charge in [0.25, 0.3) is 10.1 Å². The summed E-state index contributed by atoms with van der Waals surface area (Å²) in [5.74, 6) is 0.0796. The Balaban J connectivity index is 1.11. The second-order valence-electron chi connectivity index (χ2n) is 13.9. The number of anilines is 2. The van der Waals surface area contributed by atoms with Crippen molar-refractivity contribution in [2.24, 2.45) is 20.5 Å². The highest BCUT2D eigenvalue weighted by Crippen LogP contribution is 2.47. The number of hydrogen-bond donors (Lipinski definition) is 3. The van der Waals surface area contributed by atoms with Crippen LogP contribution in [0.1, 0.15) is 22.3 Å². The quantitative estimate of drug-likeness (QED) is 0.0606. The molecule has 0 bridgehead atoms. The molecule has 14 nitrogen and oxygen atoms in total. The third-order valence-electron chi connectivity index (χ3n) is 9.37. The molecule has 17 heteroatoms. The van der Waals surface area contributed by atoms with Crippen LogP contribution in [-0.2, 0) is 32.5 Å². The summed E-state index contributed by atoms with van der Waals surface area (Å²) in [6.07, 6.45) is 0. The summed E-state index contributed by atoms with van der Waals surface area (Å²) < 4.78 is 74.0. The third-order valence-corrected chi connectivity index (χ3v) is 12.2. The summed E-state index contributed by atoms with van der Waals surface area (Å²) in [7, 11) is -3.21. The van der Waals surface area contributed by atoms with Gasteiger partial charge in [-0.25, -0.2) is 4.21 Å². The number of aromatic hydroxyl groups is 1. The van der Waals surface area contributed by atoms with E-state index in [1.165, 1.54) is 30.3 Å². The lowest BCUT2D eigenvalue weighted by Gasteiger charge is -2.20. The number of hydrogen-bond acceptors (Lipinski definition) is 12. The van der Waals surface area contributed by atoms with E-state index in [0.717, 1.165) is 39.2 Å². The van der Waals surface area contributed by atoms with E-state index in [0.29, 0.717) is 27.6 Å². The largest absolute Gasteiger partial charge is 0.505 e. The molecule has 0 saturated heterocycles. The molecule has 0 aromatic heterocycles. The van der Waals surface area contributed by atoms with Crippen molar-refractivity contribution in [1.82, 2.24) is 0 Å². The molecule has 0 saturated carbocycles. The Labute approximate surface area is 351 Å². The van der Waals surface area contributed by atoms with E-state index < -0.39 is 48.8 Å². The van der Waals surface area contributed by atoms with Gasteiger partial charge in [-0.15, -0.1) is 10.2 Å². The molecule has 0 radical (unpaired) electrons. The van der Waals surface area contributed by atoms with Gasteiger partial charge >= 0.3 is 11.3 Å². The minimum Gasteiger partial charge on any atom is -0.505 e. The fourth-order valence-corrected chi connectivity index (χ4v) is 8.44. The number of aryl methyl sites for hydroxylation is 4. The van der Waals surface area contributed by atoms with Crippen molar-refractivity contribution in [1.29, 1.82) is 0 Å². The molecular formula is C43H38N6O8S3. The molecule has 7 aromatic carbocycles. The number of nitrogens with zero attached hydrogens (tertiary/aromatic N) is 5. The average molecular weight is 863 g/mol. The molecule has 60 heavy (non-hydrogen) atoms.